The van der Waals surface area contributed by atoms with Crippen LogP contribution in [0.1, 0.15) is 39.6 Å². The Morgan fingerprint density at radius 1 is 0.662 bits per heavy atom. The van der Waals surface area contributed by atoms with E-state index < -0.39 is 11.8 Å². The van der Waals surface area contributed by atoms with Crippen molar-refractivity contribution in [1.82, 2.24) is 16.0 Å². The first-order valence-electron chi connectivity index (χ1n) is 25.4. The van der Waals surface area contributed by atoms with Crippen molar-refractivity contribution in [2.45, 2.75) is 19.9 Å². The number of nitrogens with two attached hydrogens (primary N) is 1. The molecule has 0 saturated carbocycles. The molecule has 1 unspecified atom stereocenters. The average molecular weight is 1050 g/mol. The molecule has 2 heterocycles. The summed E-state index contributed by atoms with van der Waals surface area (Å²) in [7, 11) is 3.08. The number of aromatic carboxylic acids is 1. The van der Waals surface area contributed by atoms with Crippen molar-refractivity contribution in [3.63, 3.8) is 0 Å². The van der Waals surface area contributed by atoms with Gasteiger partial charge in [0.1, 0.15) is 39.9 Å². The third kappa shape index (κ3) is 13.6. The first-order chi connectivity index (χ1) is 37.5. The molecule has 0 bridgehead atoms. The quantitative estimate of drug-likeness (QED) is 0.0326. The molecule has 2 aromatic heterocycles. The van der Waals surface area contributed by atoms with Gasteiger partial charge in [-0.3, -0.25) is 4.79 Å². The standard InChI is InChI=1S/C31H28FN3O2S.C31H29FN2O3.CH5N/c1-33-31(36)29-26-18-25(22-10-6-3-7-11-22)27(35(38)17-16-34-20-21-8-4-2-5-9-21)19-28(26)37-30(29)23-12-14-24(32)15-13-23;1-20-7-9-21(10-8-20)19-33-15-16-34-27-18-28-26(17-25(27)22-5-3-2-4-6-22)29(31(35)36)30(37-28)23-11-13-24(32)14-12-23;1-2/h2-15,18-19,34,38H,16-17,20H2,1H3,(H,33,36);2-7,9-14,17-18,20,33-34H,8,15-16,19H2,1H3,(H,35,36);2H2,1H3. The van der Waals surface area contributed by atoms with Gasteiger partial charge in [-0.05, 0) is 102 Å². The summed E-state index contributed by atoms with van der Waals surface area (Å²) < 4.78 is 41.3. The lowest BCUT2D eigenvalue weighted by Crippen LogP contribution is -2.26. The van der Waals surface area contributed by atoms with Gasteiger partial charge in [0, 0.05) is 97.2 Å². The Morgan fingerprint density at radius 3 is 1.77 bits per heavy atom. The molecule has 7 aromatic carbocycles. The molecule has 77 heavy (non-hydrogen) atoms. The maximum Gasteiger partial charge on any atom is 0.340 e. The van der Waals surface area contributed by atoms with Crippen LogP contribution in [0.4, 0.5) is 20.2 Å². The summed E-state index contributed by atoms with van der Waals surface area (Å²) in [5, 5.41) is 24.4. The minimum atomic E-state index is -1.09. The highest BCUT2D eigenvalue weighted by Crippen LogP contribution is 2.42. The molecule has 0 saturated heterocycles. The number of halogens is 2. The van der Waals surface area contributed by atoms with E-state index >= 15 is 0 Å². The van der Waals surface area contributed by atoms with Crippen molar-refractivity contribution >= 4 is 58.0 Å². The Bertz CT molecular complexity index is 3480. The molecule has 10 rings (SSSR count). The minimum absolute atomic E-state index is 0.0649. The van der Waals surface area contributed by atoms with Gasteiger partial charge in [0.25, 0.3) is 5.91 Å². The molecule has 9 aromatic rings. The second-order valence-electron chi connectivity index (χ2n) is 18.2. The van der Waals surface area contributed by atoms with Gasteiger partial charge in [-0.1, -0.05) is 129 Å². The lowest BCUT2D eigenvalue weighted by atomic mass is 9.98. The molecule has 7 N–H and O–H groups in total. The summed E-state index contributed by atoms with van der Waals surface area (Å²) in [5.41, 5.74) is 15.1. The molecule has 1 aliphatic carbocycles. The van der Waals surface area contributed by atoms with Crippen LogP contribution in [0.5, 0.6) is 0 Å². The Labute approximate surface area is 453 Å². The summed E-state index contributed by atoms with van der Waals surface area (Å²) >= 11 is 4.83. The minimum Gasteiger partial charge on any atom is -0.478 e. The lowest BCUT2D eigenvalue weighted by Gasteiger charge is -2.22. The van der Waals surface area contributed by atoms with Gasteiger partial charge in [0.2, 0.25) is 0 Å². The number of benzene rings is 7. The van der Waals surface area contributed by atoms with E-state index in [2.05, 4.69) is 64.3 Å². The summed E-state index contributed by atoms with van der Waals surface area (Å²) in [6.45, 7) is 6.58. The molecule has 14 heteroatoms. The highest BCUT2D eigenvalue weighted by atomic mass is 32.1. The summed E-state index contributed by atoms with van der Waals surface area (Å²) in [6.07, 6.45) is 7.78. The van der Waals surface area contributed by atoms with E-state index in [1.165, 1.54) is 54.6 Å². The molecule has 394 valence electrons. The first kappa shape index (κ1) is 55.0. The van der Waals surface area contributed by atoms with Crippen LogP contribution in [0.2, 0.25) is 0 Å². The van der Waals surface area contributed by atoms with Crippen LogP contribution in [-0.2, 0) is 6.54 Å². The third-order valence-electron chi connectivity index (χ3n) is 13.0. The zero-order valence-electron chi connectivity index (χ0n) is 43.2. The fourth-order valence-electron chi connectivity index (χ4n) is 9.07. The van der Waals surface area contributed by atoms with Gasteiger partial charge in [-0.15, -0.1) is 0 Å². The van der Waals surface area contributed by atoms with Crippen LogP contribution in [0.3, 0.4) is 0 Å². The number of hydrogen-bond donors (Lipinski definition) is 7. The maximum atomic E-state index is 13.6. The number of carbonyl (C=O) groups is 2. The summed E-state index contributed by atoms with van der Waals surface area (Å²) in [6, 6.07) is 49.3. The van der Waals surface area contributed by atoms with Crippen LogP contribution < -0.4 is 31.3 Å². The van der Waals surface area contributed by atoms with Gasteiger partial charge in [-0.2, -0.15) is 0 Å². The van der Waals surface area contributed by atoms with Crippen molar-refractivity contribution < 1.29 is 32.3 Å². The number of nitrogens with one attached hydrogen (secondary N) is 4. The number of fused-ring (bicyclic) bond motifs is 2. The zero-order valence-corrected chi connectivity index (χ0v) is 44.0. The molecule has 0 spiro atoms. The van der Waals surface area contributed by atoms with Crippen molar-refractivity contribution in [3.8, 4) is 44.9 Å². The molecular formula is C63H62F2N6O5S. The smallest absolute Gasteiger partial charge is 0.340 e. The van der Waals surface area contributed by atoms with Gasteiger partial charge in [-0.25, -0.2) is 13.6 Å². The normalized spacial score (nSPS) is 12.8. The number of furan rings is 2. The first-order valence-corrected chi connectivity index (χ1v) is 25.8. The summed E-state index contributed by atoms with van der Waals surface area (Å²) in [4.78, 5) is 25.3. The van der Waals surface area contributed by atoms with E-state index in [4.69, 9.17) is 21.6 Å². The number of anilines is 2. The van der Waals surface area contributed by atoms with Crippen LogP contribution in [0, 0.1) is 17.6 Å². The van der Waals surface area contributed by atoms with Crippen molar-refractivity contribution in [3.05, 3.63) is 216 Å². The van der Waals surface area contributed by atoms with Crippen molar-refractivity contribution in [2.75, 3.05) is 56.4 Å². The molecule has 1 aliphatic rings. The van der Waals surface area contributed by atoms with Crippen molar-refractivity contribution in [1.29, 1.82) is 0 Å². The number of amides is 1. The number of allylic oxidation sites excluding steroid dienone is 2. The molecule has 0 aliphatic heterocycles. The van der Waals surface area contributed by atoms with Crippen LogP contribution in [0.15, 0.2) is 196 Å². The highest BCUT2D eigenvalue weighted by molar-refractivity contribution is 7.81. The van der Waals surface area contributed by atoms with E-state index in [0.717, 1.165) is 59.7 Å². The van der Waals surface area contributed by atoms with Gasteiger partial charge < -0.3 is 45.2 Å². The number of carboxylic acid groups (broad SMARTS) is 1. The van der Waals surface area contributed by atoms with Gasteiger partial charge in [0.05, 0.1) is 11.3 Å². The molecule has 0 fully saturated rings. The van der Waals surface area contributed by atoms with Crippen LogP contribution in [0.25, 0.3) is 66.8 Å². The number of rotatable bonds is 18. The van der Waals surface area contributed by atoms with Gasteiger partial charge in [0.15, 0.2) is 0 Å². The largest absolute Gasteiger partial charge is 0.478 e. The predicted molar refractivity (Wildman–Crippen MR) is 311 cm³/mol. The van der Waals surface area contributed by atoms with Crippen LogP contribution in [-0.4, -0.2) is 63.8 Å². The maximum absolute atomic E-state index is 13.6. The molecule has 11 nitrogen and oxygen atoms in total. The van der Waals surface area contributed by atoms with Gasteiger partial charge >= 0.3 is 5.97 Å². The predicted octanol–water partition coefficient (Wildman–Crippen LogP) is 13.4. The highest BCUT2D eigenvalue weighted by Gasteiger charge is 2.26. The Kier molecular flexibility index (Phi) is 18.9. The second kappa shape index (κ2) is 26.5. The Hall–Kier alpha value is -8.27. The SMILES string of the molecule is CC1C=CC(CNCCNc2cc3oc(-c4ccc(F)cc4)c(C(=O)O)c3cc2-c2ccccc2)=CC1.CN.CNC(=O)c1c(-c2ccc(F)cc2)oc2cc(N(S)CCNCc3ccccc3)c(-c3ccccc3)cc12. The van der Waals surface area contributed by atoms with E-state index in [1.54, 1.807) is 19.2 Å². The number of thiol groups is 1. The fraction of sp³-hybridized carbons (Fsp3) is 0.175. The Morgan fingerprint density at radius 2 is 1.19 bits per heavy atom. The topological polar surface area (TPSA) is 158 Å². The molecular weight excluding hydrogens is 991 g/mol. The number of carbonyl (C=O) groups excluding carboxylic acids is 1. The molecule has 1 amide bonds. The third-order valence-corrected chi connectivity index (χ3v) is 13.4. The summed E-state index contributed by atoms with van der Waals surface area (Å²) in [5.74, 6) is -0.914. The zero-order chi connectivity index (χ0) is 54.3. The average Bonchev–Trinajstić information content (AvgIpc) is 4.05. The van der Waals surface area contributed by atoms with E-state index in [0.29, 0.717) is 69.9 Å². The molecule has 0 radical (unpaired) electrons. The fourth-order valence-corrected chi connectivity index (χ4v) is 9.33. The molecule has 1 atom stereocenters. The van der Waals surface area contributed by atoms with Crippen LogP contribution >= 0.6 is 12.8 Å². The van der Waals surface area contributed by atoms with Crippen molar-refractivity contribution in [2.24, 2.45) is 11.7 Å². The van der Waals surface area contributed by atoms with E-state index in [9.17, 15) is 23.5 Å². The van der Waals surface area contributed by atoms with E-state index in [1.807, 2.05) is 107 Å². The Balaban J connectivity index is 0.000000197. The lowest BCUT2D eigenvalue weighted by molar-refractivity contribution is 0.0698. The number of carboxylic acids is 1. The number of hydrogen-bond acceptors (Lipinski definition) is 10. The monoisotopic (exact) mass is 1050 g/mol. The van der Waals surface area contributed by atoms with E-state index in [-0.39, 0.29) is 23.0 Å². The number of nitrogens with zero attached hydrogens (tertiary/aromatic N) is 1. The second-order valence-corrected chi connectivity index (χ2v) is 18.7.